The van der Waals surface area contributed by atoms with Gasteiger partial charge in [0.15, 0.2) is 0 Å². The Morgan fingerprint density at radius 3 is 2.53 bits per heavy atom. The van der Waals surface area contributed by atoms with Crippen LogP contribution < -0.4 is 11.1 Å². The summed E-state index contributed by atoms with van der Waals surface area (Å²) in [7, 11) is 0. The van der Waals surface area contributed by atoms with Gasteiger partial charge in [-0.25, -0.2) is 0 Å². The quantitative estimate of drug-likeness (QED) is 0.778. The Hall–Kier alpha value is -0.570. The van der Waals surface area contributed by atoms with Crippen LogP contribution in [0.3, 0.4) is 0 Å². The first-order valence-electron chi connectivity index (χ1n) is 7.96. The van der Waals surface area contributed by atoms with Gasteiger partial charge in [0, 0.05) is 18.0 Å². The largest absolute Gasteiger partial charge is 0.353 e. The normalized spacial score (nSPS) is 29.3. The molecule has 1 amide bonds. The molecule has 3 N–H and O–H groups in total. The molecule has 4 atom stereocenters. The lowest BCUT2D eigenvalue weighted by Gasteiger charge is -2.31. The number of carbonyl (C=O) groups excluding carboxylic acids is 1. The van der Waals surface area contributed by atoms with Crippen molar-refractivity contribution in [2.45, 2.75) is 78.3 Å². The van der Waals surface area contributed by atoms with Crippen molar-refractivity contribution in [2.24, 2.45) is 23.5 Å². The van der Waals surface area contributed by atoms with E-state index >= 15 is 0 Å². The van der Waals surface area contributed by atoms with Crippen LogP contribution in [0, 0.1) is 17.8 Å². The molecule has 1 aliphatic rings. The summed E-state index contributed by atoms with van der Waals surface area (Å²) in [5.74, 6) is 1.67. The Balaban J connectivity index is 2.26. The Kier molecular flexibility index (Phi) is 6.84. The van der Waals surface area contributed by atoms with Gasteiger partial charge >= 0.3 is 0 Å². The summed E-state index contributed by atoms with van der Waals surface area (Å²) in [6, 6.07) is 0.488. The third-order valence-electron chi connectivity index (χ3n) is 4.44. The van der Waals surface area contributed by atoms with Gasteiger partial charge in [-0.2, -0.15) is 0 Å². The van der Waals surface area contributed by atoms with Gasteiger partial charge < -0.3 is 11.1 Å². The highest BCUT2D eigenvalue weighted by Gasteiger charge is 2.29. The Morgan fingerprint density at radius 1 is 1.26 bits per heavy atom. The number of hydrogen-bond donors (Lipinski definition) is 2. The van der Waals surface area contributed by atoms with Gasteiger partial charge in [-0.3, -0.25) is 4.79 Å². The molecule has 0 aromatic carbocycles. The van der Waals surface area contributed by atoms with E-state index in [9.17, 15) is 4.79 Å². The van der Waals surface area contributed by atoms with Gasteiger partial charge in [0.1, 0.15) is 0 Å². The van der Waals surface area contributed by atoms with Crippen molar-refractivity contribution in [3.05, 3.63) is 0 Å². The van der Waals surface area contributed by atoms with Crippen LogP contribution in [0.5, 0.6) is 0 Å². The molecule has 0 heterocycles. The number of nitrogens with two attached hydrogens (primary N) is 1. The molecule has 19 heavy (non-hydrogen) atoms. The van der Waals surface area contributed by atoms with E-state index in [2.05, 4.69) is 33.0 Å². The molecule has 0 aromatic heterocycles. The second-order valence-electron chi connectivity index (χ2n) is 6.89. The molecule has 3 heteroatoms. The highest BCUT2D eigenvalue weighted by Crippen LogP contribution is 2.27. The summed E-state index contributed by atoms with van der Waals surface area (Å²) in [5.41, 5.74) is 6.07. The van der Waals surface area contributed by atoms with E-state index in [1.54, 1.807) is 0 Å². The molecule has 0 aromatic rings. The molecule has 0 aliphatic heterocycles. The summed E-state index contributed by atoms with van der Waals surface area (Å²) in [4.78, 5) is 12.2. The van der Waals surface area contributed by atoms with Crippen molar-refractivity contribution in [1.82, 2.24) is 5.32 Å². The first-order chi connectivity index (χ1) is 8.90. The van der Waals surface area contributed by atoms with Crippen molar-refractivity contribution < 1.29 is 4.79 Å². The predicted molar refractivity (Wildman–Crippen MR) is 80.8 cm³/mol. The van der Waals surface area contributed by atoms with Gasteiger partial charge in [-0.05, 0) is 44.4 Å². The fourth-order valence-corrected chi connectivity index (χ4v) is 2.86. The number of hydrogen-bond acceptors (Lipinski definition) is 2. The van der Waals surface area contributed by atoms with Crippen LogP contribution in [0.2, 0.25) is 0 Å². The zero-order chi connectivity index (χ0) is 14.4. The van der Waals surface area contributed by atoms with Crippen LogP contribution >= 0.6 is 0 Å². The van der Waals surface area contributed by atoms with E-state index in [1.165, 1.54) is 12.8 Å². The van der Waals surface area contributed by atoms with E-state index in [0.717, 1.165) is 31.6 Å². The maximum Gasteiger partial charge on any atom is 0.223 e. The lowest BCUT2D eigenvalue weighted by atomic mass is 9.79. The fourth-order valence-electron chi connectivity index (χ4n) is 2.86. The second-order valence-corrected chi connectivity index (χ2v) is 6.89. The molecule has 1 fully saturated rings. The van der Waals surface area contributed by atoms with Crippen LogP contribution in [-0.4, -0.2) is 18.0 Å². The zero-order valence-corrected chi connectivity index (χ0v) is 13.1. The summed E-state index contributed by atoms with van der Waals surface area (Å²) >= 11 is 0. The Bertz CT molecular complexity index is 278. The minimum Gasteiger partial charge on any atom is -0.353 e. The molecule has 0 radical (unpaired) electrons. The van der Waals surface area contributed by atoms with Crippen LogP contribution in [0.4, 0.5) is 0 Å². The lowest BCUT2D eigenvalue weighted by Crippen LogP contribution is -2.43. The average molecular weight is 268 g/mol. The highest BCUT2D eigenvalue weighted by atomic mass is 16.1. The van der Waals surface area contributed by atoms with E-state index in [1.807, 2.05) is 0 Å². The van der Waals surface area contributed by atoms with Crippen molar-refractivity contribution in [3.8, 4) is 0 Å². The Labute approximate surface area is 118 Å². The predicted octanol–water partition coefficient (Wildman–Crippen LogP) is 3.08. The van der Waals surface area contributed by atoms with Gasteiger partial charge in [0.25, 0.3) is 0 Å². The average Bonchev–Trinajstić information content (AvgIpc) is 2.32. The van der Waals surface area contributed by atoms with Crippen molar-refractivity contribution in [3.63, 3.8) is 0 Å². The van der Waals surface area contributed by atoms with E-state index in [0.29, 0.717) is 12.0 Å². The molecule has 0 bridgehead atoms. The first kappa shape index (κ1) is 16.5. The number of nitrogens with one attached hydrogen (secondary N) is 1. The summed E-state index contributed by atoms with van der Waals surface area (Å²) in [6.45, 7) is 8.79. The minimum absolute atomic E-state index is 0.138. The van der Waals surface area contributed by atoms with Crippen molar-refractivity contribution in [1.29, 1.82) is 0 Å². The van der Waals surface area contributed by atoms with Crippen molar-refractivity contribution in [2.75, 3.05) is 0 Å². The maximum absolute atomic E-state index is 12.2. The summed E-state index contributed by atoms with van der Waals surface area (Å²) < 4.78 is 0. The molecule has 0 saturated heterocycles. The number of carbonyl (C=O) groups is 1. The van der Waals surface area contributed by atoms with Gasteiger partial charge in [-0.15, -0.1) is 0 Å². The smallest absolute Gasteiger partial charge is 0.223 e. The van der Waals surface area contributed by atoms with Gasteiger partial charge in [0.2, 0.25) is 5.91 Å². The lowest BCUT2D eigenvalue weighted by molar-refractivity contribution is -0.127. The zero-order valence-electron chi connectivity index (χ0n) is 13.1. The molecular weight excluding hydrogens is 236 g/mol. The standard InChI is InChI=1S/C16H32N2O/c1-11(2)6-5-7-13(4)18-16(19)14-9-8-12(3)15(17)10-14/h11-15H,5-10,17H2,1-4H3,(H,18,19). The molecule has 0 spiro atoms. The van der Waals surface area contributed by atoms with Crippen LogP contribution in [0.15, 0.2) is 0 Å². The molecule has 1 rings (SSSR count). The number of rotatable bonds is 6. The topological polar surface area (TPSA) is 55.1 Å². The van der Waals surface area contributed by atoms with E-state index in [-0.39, 0.29) is 17.9 Å². The molecule has 4 unspecified atom stereocenters. The highest BCUT2D eigenvalue weighted by molar-refractivity contribution is 5.79. The fraction of sp³-hybridized carbons (Fsp3) is 0.938. The maximum atomic E-state index is 12.2. The summed E-state index contributed by atoms with van der Waals surface area (Å²) in [5, 5.41) is 3.16. The molecule has 1 aliphatic carbocycles. The van der Waals surface area contributed by atoms with Crippen LogP contribution in [-0.2, 0) is 4.79 Å². The van der Waals surface area contributed by atoms with Crippen molar-refractivity contribution >= 4 is 5.91 Å². The second kappa shape index (κ2) is 7.88. The van der Waals surface area contributed by atoms with Gasteiger partial charge in [0.05, 0.1) is 0 Å². The van der Waals surface area contributed by atoms with Gasteiger partial charge in [-0.1, -0.05) is 33.6 Å². The number of amides is 1. The minimum atomic E-state index is 0.138. The van der Waals surface area contributed by atoms with Crippen LogP contribution in [0.1, 0.15) is 66.2 Å². The van der Waals surface area contributed by atoms with E-state index < -0.39 is 0 Å². The van der Waals surface area contributed by atoms with Crippen LogP contribution in [0.25, 0.3) is 0 Å². The third kappa shape index (κ3) is 5.94. The monoisotopic (exact) mass is 268 g/mol. The third-order valence-corrected chi connectivity index (χ3v) is 4.44. The molecular formula is C16H32N2O. The molecule has 1 saturated carbocycles. The summed E-state index contributed by atoms with van der Waals surface area (Å²) in [6.07, 6.45) is 6.46. The first-order valence-corrected chi connectivity index (χ1v) is 7.96. The SMILES string of the molecule is CC(C)CCCC(C)NC(=O)C1CCC(C)C(N)C1. The van der Waals surface area contributed by atoms with E-state index in [4.69, 9.17) is 5.73 Å². The molecule has 112 valence electrons. The Morgan fingerprint density at radius 2 is 1.95 bits per heavy atom. The molecule has 3 nitrogen and oxygen atoms in total.